The van der Waals surface area contributed by atoms with Crippen LogP contribution < -0.4 is 16.8 Å². The van der Waals surface area contributed by atoms with Gasteiger partial charge in [0.15, 0.2) is 0 Å². The molecule has 116 valence electrons. The van der Waals surface area contributed by atoms with E-state index in [2.05, 4.69) is 37.9 Å². The summed E-state index contributed by atoms with van der Waals surface area (Å²) >= 11 is 1.17. The minimum Gasteiger partial charge on any atom is -0.396 e. The van der Waals surface area contributed by atoms with Crippen LogP contribution in [0.4, 0.5) is 10.7 Å². The van der Waals surface area contributed by atoms with Crippen molar-refractivity contribution < 1.29 is 4.79 Å². The van der Waals surface area contributed by atoms with Gasteiger partial charge in [0.1, 0.15) is 15.9 Å². The quantitative estimate of drug-likeness (QED) is 0.712. The summed E-state index contributed by atoms with van der Waals surface area (Å²) in [6.07, 6.45) is 0. The smallest absolute Gasteiger partial charge is 0.253 e. The van der Waals surface area contributed by atoms with E-state index in [4.69, 9.17) is 16.7 Å². The fraction of sp³-hybridized carbons (Fsp3) is 0.571. The molecular weight excluding hydrogens is 286 g/mol. The van der Waals surface area contributed by atoms with Gasteiger partial charge in [-0.3, -0.25) is 9.69 Å². The molecule has 0 aliphatic heterocycles. The fourth-order valence-electron chi connectivity index (χ4n) is 2.31. The predicted molar refractivity (Wildman–Crippen MR) is 87.4 cm³/mol. The number of carbonyl (C=O) groups is 1. The third-order valence-corrected chi connectivity index (χ3v) is 4.34. The van der Waals surface area contributed by atoms with Crippen LogP contribution in [0.25, 0.3) is 0 Å². The zero-order valence-corrected chi connectivity index (χ0v) is 13.8. The molecule has 0 aromatic carbocycles. The Morgan fingerprint density at radius 2 is 1.95 bits per heavy atom. The van der Waals surface area contributed by atoms with E-state index >= 15 is 0 Å². The van der Waals surface area contributed by atoms with Crippen molar-refractivity contribution in [3.05, 3.63) is 10.4 Å². The van der Waals surface area contributed by atoms with E-state index in [1.807, 2.05) is 6.07 Å². The molecule has 0 aliphatic rings. The lowest BCUT2D eigenvalue weighted by Gasteiger charge is -2.30. The molecule has 0 unspecified atom stereocenters. The van der Waals surface area contributed by atoms with Crippen LogP contribution in [-0.4, -0.2) is 36.0 Å². The number of hydrogen-bond acceptors (Lipinski definition) is 6. The minimum atomic E-state index is -0.614. The van der Waals surface area contributed by atoms with Gasteiger partial charge in [0.2, 0.25) is 0 Å². The molecule has 6 nitrogen and oxygen atoms in total. The predicted octanol–water partition coefficient (Wildman–Crippen LogP) is 1.83. The summed E-state index contributed by atoms with van der Waals surface area (Å²) in [5.74, 6) is -0.614. The molecule has 1 heterocycles. The van der Waals surface area contributed by atoms with Gasteiger partial charge < -0.3 is 16.8 Å². The third-order valence-electron chi connectivity index (χ3n) is 3.28. The normalized spacial score (nSPS) is 11.1. The minimum absolute atomic E-state index is 0.169. The molecule has 0 spiro atoms. The summed E-state index contributed by atoms with van der Waals surface area (Å²) in [4.78, 5) is 14.1. The van der Waals surface area contributed by atoms with E-state index in [0.29, 0.717) is 28.5 Å². The maximum atomic E-state index is 11.5. The number of nitrogens with one attached hydrogen (secondary N) is 1. The lowest BCUT2D eigenvalue weighted by molar-refractivity contribution is 0.100. The summed E-state index contributed by atoms with van der Waals surface area (Å²) in [5, 5.41) is 12.7. The summed E-state index contributed by atoms with van der Waals surface area (Å²) in [6, 6.07) is 2.85. The number of nitrogens with two attached hydrogens (primary N) is 2. The largest absolute Gasteiger partial charge is 0.396 e. The maximum Gasteiger partial charge on any atom is 0.253 e. The van der Waals surface area contributed by atoms with E-state index < -0.39 is 5.91 Å². The Bertz CT molecular complexity index is 536. The Morgan fingerprint density at radius 1 is 1.38 bits per heavy atom. The molecular formula is C14H23N5OS. The molecule has 0 saturated carbocycles. The van der Waals surface area contributed by atoms with Gasteiger partial charge in [0, 0.05) is 25.2 Å². The van der Waals surface area contributed by atoms with Crippen molar-refractivity contribution in [1.82, 2.24) is 4.90 Å². The van der Waals surface area contributed by atoms with E-state index in [1.54, 1.807) is 0 Å². The zero-order chi connectivity index (χ0) is 16.2. The van der Waals surface area contributed by atoms with Gasteiger partial charge >= 0.3 is 0 Å². The van der Waals surface area contributed by atoms with Crippen molar-refractivity contribution >= 4 is 27.9 Å². The van der Waals surface area contributed by atoms with E-state index in [1.165, 1.54) is 11.3 Å². The number of nitrogens with zero attached hydrogens (tertiary/aromatic N) is 2. The number of carbonyl (C=O) groups excluding carboxylic acids is 1. The van der Waals surface area contributed by atoms with Crippen molar-refractivity contribution in [2.75, 3.05) is 24.1 Å². The first-order chi connectivity index (χ1) is 9.79. The van der Waals surface area contributed by atoms with Crippen LogP contribution >= 0.6 is 11.3 Å². The number of rotatable bonds is 7. The van der Waals surface area contributed by atoms with Crippen molar-refractivity contribution in [1.29, 1.82) is 5.26 Å². The third kappa shape index (κ3) is 4.09. The summed E-state index contributed by atoms with van der Waals surface area (Å²) in [7, 11) is 0. The SMILES string of the molecule is CC(C)N(CCNc1sc(C#N)c(N)c1C(N)=O)C(C)C. The molecule has 0 saturated heterocycles. The first-order valence-corrected chi connectivity index (χ1v) is 7.73. The van der Waals surface area contributed by atoms with Crippen molar-refractivity contribution in [2.24, 2.45) is 5.73 Å². The lowest BCUT2D eigenvalue weighted by Crippen LogP contribution is -2.40. The summed E-state index contributed by atoms with van der Waals surface area (Å²) in [5.41, 5.74) is 11.5. The van der Waals surface area contributed by atoms with E-state index in [0.717, 1.165) is 6.54 Å². The van der Waals surface area contributed by atoms with Crippen LogP contribution in [0.5, 0.6) is 0 Å². The maximum absolute atomic E-state index is 11.5. The Labute approximate surface area is 129 Å². The Hall–Kier alpha value is -1.78. The molecule has 1 aromatic heterocycles. The molecule has 0 fully saturated rings. The molecule has 0 atom stereocenters. The number of thiophene rings is 1. The second-order valence-electron chi connectivity index (χ2n) is 5.38. The number of amides is 1. The highest BCUT2D eigenvalue weighted by Crippen LogP contribution is 2.34. The number of primary amides is 1. The highest BCUT2D eigenvalue weighted by molar-refractivity contribution is 7.17. The second-order valence-corrected chi connectivity index (χ2v) is 6.40. The van der Waals surface area contributed by atoms with E-state index in [-0.39, 0.29) is 11.3 Å². The average Bonchev–Trinajstić information content (AvgIpc) is 2.69. The molecule has 5 N–H and O–H groups in total. The van der Waals surface area contributed by atoms with Crippen LogP contribution in [0.15, 0.2) is 0 Å². The topological polar surface area (TPSA) is 108 Å². The standard InChI is InChI=1S/C14H23N5OS/c1-8(2)19(9(3)4)6-5-18-14-11(13(17)20)12(16)10(7-15)21-14/h8-9,18H,5-6,16H2,1-4H3,(H2,17,20). The van der Waals surface area contributed by atoms with Crippen LogP contribution in [0, 0.1) is 11.3 Å². The van der Waals surface area contributed by atoms with Gasteiger partial charge in [-0.1, -0.05) is 0 Å². The first kappa shape index (κ1) is 17.3. The number of nitrogen functional groups attached to an aromatic ring is 1. The van der Waals surface area contributed by atoms with Crippen LogP contribution in [0.3, 0.4) is 0 Å². The molecule has 0 bridgehead atoms. The molecule has 1 aromatic rings. The zero-order valence-electron chi connectivity index (χ0n) is 12.9. The van der Waals surface area contributed by atoms with Gasteiger partial charge in [-0.05, 0) is 27.7 Å². The first-order valence-electron chi connectivity index (χ1n) is 6.91. The molecule has 1 rings (SSSR count). The van der Waals surface area contributed by atoms with Gasteiger partial charge in [-0.2, -0.15) is 5.26 Å². The number of nitriles is 1. The molecule has 21 heavy (non-hydrogen) atoms. The number of anilines is 2. The Kier molecular flexibility index (Phi) is 6.00. The van der Waals surface area contributed by atoms with Crippen LogP contribution in [0.1, 0.15) is 42.9 Å². The van der Waals surface area contributed by atoms with Gasteiger partial charge in [0.05, 0.1) is 11.3 Å². The van der Waals surface area contributed by atoms with Crippen molar-refractivity contribution in [3.63, 3.8) is 0 Å². The Balaban J connectivity index is 2.81. The van der Waals surface area contributed by atoms with E-state index in [9.17, 15) is 4.79 Å². The molecule has 7 heteroatoms. The second kappa shape index (κ2) is 7.29. The number of hydrogen-bond donors (Lipinski definition) is 3. The highest BCUT2D eigenvalue weighted by atomic mass is 32.1. The molecule has 1 amide bonds. The van der Waals surface area contributed by atoms with Crippen molar-refractivity contribution in [2.45, 2.75) is 39.8 Å². The Morgan fingerprint density at radius 3 is 2.38 bits per heavy atom. The highest BCUT2D eigenvalue weighted by Gasteiger charge is 2.20. The summed E-state index contributed by atoms with van der Waals surface area (Å²) in [6.45, 7) is 10.1. The van der Waals surface area contributed by atoms with Crippen molar-refractivity contribution in [3.8, 4) is 6.07 Å². The molecule has 0 radical (unpaired) electrons. The molecule has 0 aliphatic carbocycles. The lowest BCUT2D eigenvalue weighted by atomic mass is 10.2. The van der Waals surface area contributed by atoms with Crippen LogP contribution in [-0.2, 0) is 0 Å². The summed E-state index contributed by atoms with van der Waals surface area (Å²) < 4.78 is 0. The van der Waals surface area contributed by atoms with Crippen LogP contribution in [0.2, 0.25) is 0 Å². The fourth-order valence-corrected chi connectivity index (χ4v) is 3.26. The van der Waals surface area contributed by atoms with Gasteiger partial charge in [-0.15, -0.1) is 11.3 Å². The van der Waals surface area contributed by atoms with Gasteiger partial charge in [-0.25, -0.2) is 0 Å². The monoisotopic (exact) mass is 309 g/mol. The van der Waals surface area contributed by atoms with Gasteiger partial charge in [0.25, 0.3) is 5.91 Å². The average molecular weight is 309 g/mol.